The van der Waals surface area contributed by atoms with Crippen molar-refractivity contribution >= 4 is 54.5 Å². The van der Waals surface area contributed by atoms with Crippen molar-refractivity contribution in [2.75, 3.05) is 24.3 Å². The molecule has 0 spiro atoms. The van der Waals surface area contributed by atoms with E-state index >= 15 is 0 Å². The van der Waals surface area contributed by atoms with Crippen molar-refractivity contribution in [1.82, 2.24) is 5.32 Å². The van der Waals surface area contributed by atoms with Gasteiger partial charge in [0, 0.05) is 22.9 Å². The number of nitrogens with two attached hydrogens (primary N) is 1. The van der Waals surface area contributed by atoms with Crippen LogP contribution in [-0.2, 0) is 9.84 Å². The van der Waals surface area contributed by atoms with E-state index in [0.717, 1.165) is 11.0 Å². The molecule has 0 aliphatic heterocycles. The Balaban J connectivity index is 2.23. The number of hydrogen-bond donors (Lipinski definition) is 2. The van der Waals surface area contributed by atoms with E-state index in [4.69, 9.17) is 17.3 Å². The second kappa shape index (κ2) is 5.59. The van der Waals surface area contributed by atoms with Crippen molar-refractivity contribution in [3.63, 3.8) is 0 Å². The Bertz CT molecular complexity index is 768. The molecule has 0 unspecified atom stereocenters. The fourth-order valence-corrected chi connectivity index (χ4v) is 3.60. The second-order valence-electron chi connectivity index (χ2n) is 4.34. The number of rotatable bonds is 4. The highest BCUT2D eigenvalue weighted by Crippen LogP contribution is 2.37. The number of nitrogen functional groups attached to an aromatic ring is 1. The molecule has 0 atom stereocenters. The third-order valence-electron chi connectivity index (χ3n) is 2.67. The summed E-state index contributed by atoms with van der Waals surface area (Å²) in [4.78, 5) is 12.4. The summed E-state index contributed by atoms with van der Waals surface area (Å²) in [6, 6.07) is 5.32. The lowest BCUT2D eigenvalue weighted by atomic mass is 10.2. The van der Waals surface area contributed by atoms with E-state index in [1.807, 2.05) is 6.07 Å². The first kappa shape index (κ1) is 15.1. The summed E-state index contributed by atoms with van der Waals surface area (Å²) in [6.45, 7) is 0.0546. The van der Waals surface area contributed by atoms with Gasteiger partial charge in [-0.15, -0.1) is 11.3 Å². The molecule has 0 saturated heterocycles. The standard InChI is InChI=1S/C12H13ClN2O3S2/c1-20(17,18)6-5-15-12(16)11-10(14)9-7(13)3-2-4-8(9)19-11/h2-4H,5-6,14H2,1H3,(H,15,16). The number of halogens is 1. The van der Waals surface area contributed by atoms with Gasteiger partial charge in [-0.3, -0.25) is 4.79 Å². The van der Waals surface area contributed by atoms with Crippen molar-refractivity contribution in [1.29, 1.82) is 0 Å². The van der Waals surface area contributed by atoms with Gasteiger partial charge in [0.05, 0.1) is 16.5 Å². The summed E-state index contributed by atoms with van der Waals surface area (Å²) >= 11 is 7.29. The number of carbonyl (C=O) groups excluding carboxylic acids is 1. The van der Waals surface area contributed by atoms with Gasteiger partial charge >= 0.3 is 0 Å². The summed E-state index contributed by atoms with van der Waals surface area (Å²) in [6.07, 6.45) is 1.12. The molecule has 0 aliphatic carbocycles. The minimum atomic E-state index is -3.11. The van der Waals surface area contributed by atoms with Crippen LogP contribution in [0, 0.1) is 0 Å². The van der Waals surface area contributed by atoms with Gasteiger partial charge in [-0.2, -0.15) is 0 Å². The monoisotopic (exact) mass is 332 g/mol. The van der Waals surface area contributed by atoms with Gasteiger partial charge in [0.25, 0.3) is 5.91 Å². The first-order valence-corrected chi connectivity index (χ1v) is 8.97. The Morgan fingerprint density at radius 3 is 2.75 bits per heavy atom. The van der Waals surface area contributed by atoms with E-state index < -0.39 is 9.84 Å². The highest BCUT2D eigenvalue weighted by molar-refractivity contribution is 7.90. The van der Waals surface area contributed by atoms with Crippen molar-refractivity contribution in [3.05, 3.63) is 28.1 Å². The SMILES string of the molecule is CS(=O)(=O)CCNC(=O)c1sc2cccc(Cl)c2c1N. The number of fused-ring (bicyclic) bond motifs is 1. The molecule has 3 N–H and O–H groups in total. The predicted molar refractivity (Wildman–Crippen MR) is 83.3 cm³/mol. The number of amides is 1. The van der Waals surface area contributed by atoms with Gasteiger partial charge in [-0.1, -0.05) is 17.7 Å². The average Bonchev–Trinajstić information content (AvgIpc) is 2.66. The molecule has 1 aromatic heterocycles. The zero-order chi connectivity index (χ0) is 14.9. The summed E-state index contributed by atoms with van der Waals surface area (Å²) < 4.78 is 22.8. The molecule has 5 nitrogen and oxygen atoms in total. The quantitative estimate of drug-likeness (QED) is 0.895. The zero-order valence-electron chi connectivity index (χ0n) is 10.6. The van der Waals surface area contributed by atoms with Gasteiger partial charge in [0.1, 0.15) is 14.7 Å². The molecule has 2 rings (SSSR count). The number of hydrogen-bond acceptors (Lipinski definition) is 5. The summed E-state index contributed by atoms with van der Waals surface area (Å²) in [7, 11) is -3.11. The van der Waals surface area contributed by atoms with Crippen LogP contribution in [-0.4, -0.2) is 32.9 Å². The fourth-order valence-electron chi connectivity index (χ4n) is 1.73. The third-order valence-corrected chi connectivity index (χ3v) is 5.10. The maximum Gasteiger partial charge on any atom is 0.263 e. The van der Waals surface area contributed by atoms with E-state index in [9.17, 15) is 13.2 Å². The van der Waals surface area contributed by atoms with Gasteiger partial charge in [0.2, 0.25) is 0 Å². The minimum absolute atomic E-state index is 0.0546. The van der Waals surface area contributed by atoms with E-state index in [-0.39, 0.29) is 18.2 Å². The Hall–Kier alpha value is -1.31. The number of anilines is 1. The largest absolute Gasteiger partial charge is 0.397 e. The van der Waals surface area contributed by atoms with Crippen LogP contribution in [0.2, 0.25) is 5.02 Å². The van der Waals surface area contributed by atoms with Gasteiger partial charge in [0.15, 0.2) is 0 Å². The van der Waals surface area contributed by atoms with E-state index in [0.29, 0.717) is 21.0 Å². The van der Waals surface area contributed by atoms with Crippen LogP contribution < -0.4 is 11.1 Å². The van der Waals surface area contributed by atoms with Crippen molar-refractivity contribution in [3.8, 4) is 0 Å². The molecular weight excluding hydrogens is 320 g/mol. The molecule has 20 heavy (non-hydrogen) atoms. The van der Waals surface area contributed by atoms with Crippen LogP contribution in [0.5, 0.6) is 0 Å². The van der Waals surface area contributed by atoms with Crippen LogP contribution in [0.3, 0.4) is 0 Å². The lowest BCUT2D eigenvalue weighted by Gasteiger charge is -2.03. The van der Waals surface area contributed by atoms with Crippen LogP contribution in [0.25, 0.3) is 10.1 Å². The number of nitrogens with one attached hydrogen (secondary N) is 1. The Labute approximate surface area is 125 Å². The molecule has 1 heterocycles. The van der Waals surface area contributed by atoms with Crippen molar-refractivity contribution in [2.24, 2.45) is 0 Å². The van der Waals surface area contributed by atoms with Crippen molar-refractivity contribution in [2.45, 2.75) is 0 Å². The molecule has 0 fully saturated rings. The van der Waals surface area contributed by atoms with E-state index in [1.54, 1.807) is 12.1 Å². The lowest BCUT2D eigenvalue weighted by Crippen LogP contribution is -2.28. The topological polar surface area (TPSA) is 89.3 Å². The van der Waals surface area contributed by atoms with Crippen LogP contribution in [0.4, 0.5) is 5.69 Å². The molecule has 0 saturated carbocycles. The fraction of sp³-hybridized carbons (Fsp3) is 0.250. The summed E-state index contributed by atoms with van der Waals surface area (Å²) in [5.74, 6) is -0.493. The molecule has 0 bridgehead atoms. The van der Waals surface area contributed by atoms with Gasteiger partial charge < -0.3 is 11.1 Å². The molecule has 1 amide bonds. The highest BCUT2D eigenvalue weighted by Gasteiger charge is 2.18. The van der Waals surface area contributed by atoms with Gasteiger partial charge in [-0.05, 0) is 12.1 Å². The van der Waals surface area contributed by atoms with Crippen LogP contribution >= 0.6 is 22.9 Å². The normalized spacial score (nSPS) is 11.7. The number of carbonyl (C=O) groups is 1. The van der Waals surface area contributed by atoms with E-state index in [1.165, 1.54) is 11.3 Å². The molecule has 8 heteroatoms. The second-order valence-corrected chi connectivity index (χ2v) is 8.06. The smallest absolute Gasteiger partial charge is 0.263 e. The molecular formula is C12H13ClN2O3S2. The Morgan fingerprint density at radius 1 is 1.45 bits per heavy atom. The molecule has 108 valence electrons. The van der Waals surface area contributed by atoms with Gasteiger partial charge in [-0.25, -0.2) is 8.42 Å². The highest BCUT2D eigenvalue weighted by atomic mass is 35.5. The first-order chi connectivity index (χ1) is 9.29. The predicted octanol–water partition coefficient (Wildman–Crippen LogP) is 1.91. The number of sulfone groups is 1. The van der Waals surface area contributed by atoms with Crippen LogP contribution in [0.1, 0.15) is 9.67 Å². The van der Waals surface area contributed by atoms with E-state index in [2.05, 4.69) is 5.32 Å². The maximum absolute atomic E-state index is 12.0. The Morgan fingerprint density at radius 2 is 2.15 bits per heavy atom. The maximum atomic E-state index is 12.0. The molecule has 2 aromatic rings. The molecule has 0 radical (unpaired) electrons. The molecule has 0 aliphatic rings. The molecule has 1 aromatic carbocycles. The minimum Gasteiger partial charge on any atom is -0.397 e. The third kappa shape index (κ3) is 3.23. The first-order valence-electron chi connectivity index (χ1n) is 5.72. The Kier molecular flexibility index (Phi) is 4.22. The van der Waals surface area contributed by atoms with Crippen molar-refractivity contribution < 1.29 is 13.2 Å². The number of thiophene rings is 1. The van der Waals surface area contributed by atoms with Crippen LogP contribution in [0.15, 0.2) is 18.2 Å². The lowest BCUT2D eigenvalue weighted by molar-refractivity contribution is 0.0961. The summed E-state index contributed by atoms with van der Waals surface area (Å²) in [5, 5.41) is 3.70. The number of benzene rings is 1. The zero-order valence-corrected chi connectivity index (χ0v) is 13.0. The summed E-state index contributed by atoms with van der Waals surface area (Å²) in [5.41, 5.74) is 6.27. The average molecular weight is 333 g/mol.